The van der Waals surface area contributed by atoms with Gasteiger partial charge in [-0.1, -0.05) is 11.6 Å². The lowest BCUT2D eigenvalue weighted by Gasteiger charge is -2.01. The molecule has 0 saturated heterocycles. The first-order chi connectivity index (χ1) is 6.66. The van der Waals surface area contributed by atoms with E-state index < -0.39 is 0 Å². The Labute approximate surface area is 86.6 Å². The molecule has 2 rings (SSSR count). The van der Waals surface area contributed by atoms with Crippen LogP contribution in [0.25, 0.3) is 11.6 Å². The van der Waals surface area contributed by atoms with Gasteiger partial charge in [0.25, 0.3) is 0 Å². The third-order valence-corrected chi connectivity index (χ3v) is 2.04. The zero-order valence-electron chi connectivity index (χ0n) is 7.90. The Bertz CT molecular complexity index is 443. The van der Waals surface area contributed by atoms with Crippen molar-refractivity contribution in [3.05, 3.63) is 29.3 Å². The number of aromatic nitrogens is 4. The van der Waals surface area contributed by atoms with Crippen LogP contribution in [0.3, 0.4) is 0 Å². The maximum atomic E-state index is 5.83. The van der Waals surface area contributed by atoms with Gasteiger partial charge in [0.05, 0.1) is 0 Å². The molecule has 2 aromatic rings. The van der Waals surface area contributed by atoms with Crippen LogP contribution < -0.4 is 0 Å². The average molecular weight is 209 g/mol. The predicted molar refractivity (Wildman–Crippen MR) is 54.0 cm³/mol. The molecule has 0 fully saturated rings. The minimum atomic E-state index is 0.440. The molecule has 0 aliphatic carbocycles. The van der Waals surface area contributed by atoms with Gasteiger partial charge in [0.2, 0.25) is 0 Å². The van der Waals surface area contributed by atoms with Crippen molar-refractivity contribution < 1.29 is 0 Å². The number of hydrogen-bond donors (Lipinski definition) is 0. The van der Waals surface area contributed by atoms with Crippen molar-refractivity contribution in [3.8, 4) is 11.6 Å². The second-order valence-corrected chi connectivity index (χ2v) is 3.40. The van der Waals surface area contributed by atoms with Crippen LogP contribution in [0.15, 0.2) is 18.5 Å². The van der Waals surface area contributed by atoms with Gasteiger partial charge in [-0.3, -0.25) is 0 Å². The molecule has 2 heterocycles. The normalized spacial score (nSPS) is 10.5. The fraction of sp³-hybridized carbons (Fsp3) is 0.222. The van der Waals surface area contributed by atoms with Crippen molar-refractivity contribution in [3.63, 3.8) is 0 Å². The van der Waals surface area contributed by atoms with Crippen LogP contribution in [-0.4, -0.2) is 19.5 Å². The molecule has 5 heteroatoms. The van der Waals surface area contributed by atoms with Gasteiger partial charge in [0.15, 0.2) is 11.6 Å². The van der Waals surface area contributed by atoms with Gasteiger partial charge in [-0.15, -0.1) is 0 Å². The summed E-state index contributed by atoms with van der Waals surface area (Å²) in [6, 6.07) is 1.72. The van der Waals surface area contributed by atoms with E-state index in [4.69, 9.17) is 11.6 Å². The van der Waals surface area contributed by atoms with Crippen molar-refractivity contribution in [2.45, 2.75) is 6.92 Å². The number of hydrogen-bond acceptors (Lipinski definition) is 3. The van der Waals surface area contributed by atoms with Gasteiger partial charge in [-0.05, 0) is 13.0 Å². The van der Waals surface area contributed by atoms with Gasteiger partial charge in [-0.25, -0.2) is 15.0 Å². The maximum Gasteiger partial charge on any atom is 0.197 e. The first-order valence-corrected chi connectivity index (χ1v) is 4.53. The Morgan fingerprint density at radius 2 is 2.14 bits per heavy atom. The first-order valence-electron chi connectivity index (χ1n) is 4.15. The highest BCUT2D eigenvalue weighted by molar-refractivity contribution is 6.29. The molecule has 4 nitrogen and oxygen atoms in total. The highest BCUT2D eigenvalue weighted by Gasteiger charge is 2.07. The molecule has 0 unspecified atom stereocenters. The number of aryl methyl sites for hydroxylation is 2. The van der Waals surface area contributed by atoms with E-state index in [1.54, 1.807) is 12.3 Å². The van der Waals surface area contributed by atoms with E-state index in [-0.39, 0.29) is 0 Å². The summed E-state index contributed by atoms with van der Waals surface area (Å²) in [5.74, 6) is 1.28. The molecular weight excluding hydrogens is 200 g/mol. The summed E-state index contributed by atoms with van der Waals surface area (Å²) in [6.07, 6.45) is 3.55. The van der Waals surface area contributed by atoms with Crippen molar-refractivity contribution in [1.29, 1.82) is 0 Å². The standard InChI is InChI=1S/C9H9ClN4/c1-6-5-7(10)13-8(12-6)9-11-3-4-14(9)2/h3-5H,1-2H3. The number of halogens is 1. The summed E-state index contributed by atoms with van der Waals surface area (Å²) in [4.78, 5) is 12.5. The third-order valence-electron chi connectivity index (χ3n) is 1.84. The Hall–Kier alpha value is -1.42. The average Bonchev–Trinajstić information content (AvgIpc) is 2.49. The van der Waals surface area contributed by atoms with E-state index in [2.05, 4.69) is 15.0 Å². The van der Waals surface area contributed by atoms with Crippen LogP contribution in [0.5, 0.6) is 0 Å². The minimum Gasteiger partial charge on any atom is -0.331 e. The van der Waals surface area contributed by atoms with E-state index in [1.165, 1.54) is 0 Å². The molecule has 0 bridgehead atoms. The van der Waals surface area contributed by atoms with Crippen molar-refractivity contribution in [2.75, 3.05) is 0 Å². The number of nitrogens with zero attached hydrogens (tertiary/aromatic N) is 4. The van der Waals surface area contributed by atoms with E-state index in [9.17, 15) is 0 Å². The maximum absolute atomic E-state index is 5.83. The lowest BCUT2D eigenvalue weighted by atomic mass is 10.4. The van der Waals surface area contributed by atoms with Crippen molar-refractivity contribution >= 4 is 11.6 Å². The van der Waals surface area contributed by atoms with Crippen LogP contribution in [0.2, 0.25) is 5.15 Å². The summed E-state index contributed by atoms with van der Waals surface area (Å²) in [7, 11) is 1.89. The van der Waals surface area contributed by atoms with Gasteiger partial charge >= 0.3 is 0 Å². The molecule has 0 saturated carbocycles. The molecule has 0 aliphatic rings. The molecule has 14 heavy (non-hydrogen) atoms. The van der Waals surface area contributed by atoms with E-state index in [1.807, 2.05) is 24.7 Å². The second-order valence-electron chi connectivity index (χ2n) is 3.02. The van der Waals surface area contributed by atoms with Crippen LogP contribution in [0.4, 0.5) is 0 Å². The van der Waals surface area contributed by atoms with Crippen LogP contribution >= 0.6 is 11.6 Å². The zero-order chi connectivity index (χ0) is 10.1. The van der Waals surface area contributed by atoms with Crippen LogP contribution in [0, 0.1) is 6.92 Å². The number of rotatable bonds is 1. The monoisotopic (exact) mass is 208 g/mol. The zero-order valence-corrected chi connectivity index (χ0v) is 8.65. The molecule has 72 valence electrons. The van der Waals surface area contributed by atoms with Gasteiger partial charge < -0.3 is 4.57 Å². The lowest BCUT2D eigenvalue weighted by Crippen LogP contribution is -1.98. The first kappa shape index (κ1) is 9.15. The summed E-state index contributed by atoms with van der Waals surface area (Å²) in [5, 5.41) is 0.440. The van der Waals surface area contributed by atoms with Gasteiger partial charge in [-0.2, -0.15) is 0 Å². The largest absolute Gasteiger partial charge is 0.331 e. The lowest BCUT2D eigenvalue weighted by molar-refractivity contribution is 0.902. The Balaban J connectivity index is 2.57. The summed E-state index contributed by atoms with van der Waals surface area (Å²) >= 11 is 5.83. The van der Waals surface area contributed by atoms with Crippen molar-refractivity contribution in [1.82, 2.24) is 19.5 Å². The predicted octanol–water partition coefficient (Wildman–Crippen LogP) is 1.84. The summed E-state index contributed by atoms with van der Waals surface area (Å²) in [5.41, 5.74) is 0.836. The fourth-order valence-corrected chi connectivity index (χ4v) is 1.45. The Kier molecular flexibility index (Phi) is 2.21. The van der Waals surface area contributed by atoms with E-state index in [0.29, 0.717) is 11.0 Å². The van der Waals surface area contributed by atoms with Gasteiger partial charge in [0.1, 0.15) is 5.15 Å². The molecule has 0 spiro atoms. The molecule has 0 atom stereocenters. The topological polar surface area (TPSA) is 43.6 Å². The summed E-state index contributed by atoms with van der Waals surface area (Å²) in [6.45, 7) is 1.88. The van der Waals surface area contributed by atoms with Gasteiger partial charge in [0, 0.05) is 25.1 Å². The smallest absolute Gasteiger partial charge is 0.197 e. The molecule has 0 N–H and O–H groups in total. The molecule has 2 aromatic heterocycles. The molecular formula is C9H9ClN4. The third kappa shape index (κ3) is 1.61. The highest BCUT2D eigenvalue weighted by Crippen LogP contribution is 2.15. The Morgan fingerprint density at radius 1 is 1.36 bits per heavy atom. The highest BCUT2D eigenvalue weighted by atomic mass is 35.5. The van der Waals surface area contributed by atoms with Crippen LogP contribution in [-0.2, 0) is 7.05 Å². The van der Waals surface area contributed by atoms with Crippen LogP contribution in [0.1, 0.15) is 5.69 Å². The second kappa shape index (κ2) is 3.38. The van der Waals surface area contributed by atoms with E-state index >= 15 is 0 Å². The molecule has 0 radical (unpaired) electrons. The van der Waals surface area contributed by atoms with Crippen molar-refractivity contribution in [2.24, 2.45) is 7.05 Å². The summed E-state index contributed by atoms with van der Waals surface area (Å²) < 4.78 is 1.85. The van der Waals surface area contributed by atoms with E-state index in [0.717, 1.165) is 11.5 Å². The quantitative estimate of drug-likeness (QED) is 0.672. The molecule has 0 amide bonds. The molecule has 0 aliphatic heterocycles. The Morgan fingerprint density at radius 3 is 2.71 bits per heavy atom. The molecule has 0 aromatic carbocycles. The number of imidazole rings is 1. The SMILES string of the molecule is Cc1cc(Cl)nc(-c2nccn2C)n1. The fourth-order valence-electron chi connectivity index (χ4n) is 1.21. The minimum absolute atomic E-state index is 0.440.